The van der Waals surface area contributed by atoms with E-state index >= 15 is 0 Å². The predicted molar refractivity (Wildman–Crippen MR) is 74.9 cm³/mol. The smallest absolute Gasteiger partial charge is 0.124 e. The second-order valence-corrected chi connectivity index (χ2v) is 5.11. The number of likely N-dealkylation sites (N-methyl/N-ethyl adjacent to an activating group) is 1. The van der Waals surface area contributed by atoms with E-state index in [-0.39, 0.29) is 5.82 Å². The van der Waals surface area contributed by atoms with Crippen LogP contribution in [0.5, 0.6) is 5.75 Å². The zero-order valence-electron chi connectivity index (χ0n) is 12.4. The van der Waals surface area contributed by atoms with Gasteiger partial charge in [-0.05, 0) is 45.1 Å². The first kappa shape index (κ1) is 15.9. The van der Waals surface area contributed by atoms with Crippen molar-refractivity contribution >= 4 is 0 Å². The Balaban J connectivity index is 3.17. The third kappa shape index (κ3) is 3.25. The number of hydrogen-bond donors (Lipinski definition) is 1. The number of nitrogens with zero attached hydrogens (tertiary/aromatic N) is 1. The lowest BCUT2D eigenvalue weighted by molar-refractivity contribution is -0.00757. The molecule has 4 heteroatoms. The van der Waals surface area contributed by atoms with E-state index in [1.54, 1.807) is 6.07 Å². The molecule has 19 heavy (non-hydrogen) atoms. The molecule has 1 rings (SSSR count). The van der Waals surface area contributed by atoms with Crippen molar-refractivity contribution in [2.75, 3.05) is 20.2 Å². The van der Waals surface area contributed by atoms with Crippen LogP contribution in [0.15, 0.2) is 18.2 Å². The van der Waals surface area contributed by atoms with Crippen LogP contribution in [0.4, 0.5) is 4.39 Å². The SMILES string of the molecule is CCN(CC)C(C)(C)C(O)c1cc(F)ccc1OC. The minimum atomic E-state index is -0.821. The quantitative estimate of drug-likeness (QED) is 0.861. The van der Waals surface area contributed by atoms with Gasteiger partial charge in [-0.1, -0.05) is 13.8 Å². The van der Waals surface area contributed by atoms with Crippen molar-refractivity contribution in [2.24, 2.45) is 0 Å². The molecular weight excluding hydrogens is 245 g/mol. The van der Waals surface area contributed by atoms with E-state index in [2.05, 4.69) is 4.90 Å². The number of hydrogen-bond acceptors (Lipinski definition) is 3. The average Bonchev–Trinajstić information content (AvgIpc) is 2.38. The van der Waals surface area contributed by atoms with Gasteiger partial charge in [0.1, 0.15) is 17.7 Å². The minimum Gasteiger partial charge on any atom is -0.496 e. The number of halogens is 1. The monoisotopic (exact) mass is 269 g/mol. The third-order valence-corrected chi connectivity index (χ3v) is 3.73. The third-order valence-electron chi connectivity index (χ3n) is 3.73. The highest BCUT2D eigenvalue weighted by molar-refractivity contribution is 5.37. The molecule has 1 aromatic rings. The molecule has 0 heterocycles. The molecule has 3 nitrogen and oxygen atoms in total. The van der Waals surface area contributed by atoms with Crippen molar-refractivity contribution in [3.05, 3.63) is 29.6 Å². The molecule has 0 aromatic heterocycles. The molecule has 0 saturated heterocycles. The van der Waals surface area contributed by atoms with E-state index < -0.39 is 11.6 Å². The van der Waals surface area contributed by atoms with Gasteiger partial charge in [-0.3, -0.25) is 4.90 Å². The van der Waals surface area contributed by atoms with Crippen molar-refractivity contribution in [2.45, 2.75) is 39.3 Å². The van der Waals surface area contributed by atoms with Crippen molar-refractivity contribution in [1.82, 2.24) is 4.90 Å². The molecule has 1 atom stereocenters. The molecule has 0 fully saturated rings. The van der Waals surface area contributed by atoms with E-state index in [9.17, 15) is 9.50 Å². The van der Waals surface area contributed by atoms with Gasteiger partial charge >= 0.3 is 0 Å². The van der Waals surface area contributed by atoms with Gasteiger partial charge in [0.15, 0.2) is 0 Å². The average molecular weight is 269 g/mol. The van der Waals surface area contributed by atoms with E-state index in [0.717, 1.165) is 13.1 Å². The summed E-state index contributed by atoms with van der Waals surface area (Å²) in [5, 5.41) is 10.6. The number of methoxy groups -OCH3 is 1. The van der Waals surface area contributed by atoms with Crippen molar-refractivity contribution in [3.8, 4) is 5.75 Å². The number of benzene rings is 1. The zero-order chi connectivity index (χ0) is 14.6. The molecule has 0 bridgehead atoms. The lowest BCUT2D eigenvalue weighted by atomic mass is 9.88. The summed E-state index contributed by atoms with van der Waals surface area (Å²) in [6.07, 6.45) is -0.821. The molecular formula is C15H24FNO2. The van der Waals surface area contributed by atoms with Crippen LogP contribution in [0.3, 0.4) is 0 Å². The molecule has 0 amide bonds. The maximum absolute atomic E-state index is 13.4. The fourth-order valence-corrected chi connectivity index (χ4v) is 2.51. The summed E-state index contributed by atoms with van der Waals surface area (Å²) in [5.74, 6) is 0.138. The van der Waals surface area contributed by atoms with E-state index in [4.69, 9.17) is 4.74 Å². The summed E-state index contributed by atoms with van der Waals surface area (Å²) in [5.41, 5.74) is -0.00991. The number of rotatable bonds is 6. The largest absolute Gasteiger partial charge is 0.496 e. The van der Waals surface area contributed by atoms with Gasteiger partial charge in [0, 0.05) is 11.1 Å². The Morgan fingerprint density at radius 3 is 2.37 bits per heavy atom. The summed E-state index contributed by atoms with van der Waals surface area (Å²) < 4.78 is 18.6. The van der Waals surface area contributed by atoms with Gasteiger partial charge in [-0.15, -0.1) is 0 Å². The fraction of sp³-hybridized carbons (Fsp3) is 0.600. The maximum Gasteiger partial charge on any atom is 0.124 e. The van der Waals surface area contributed by atoms with Gasteiger partial charge in [0.05, 0.1) is 7.11 Å². The molecule has 0 saturated carbocycles. The van der Waals surface area contributed by atoms with Crippen LogP contribution in [0.1, 0.15) is 39.4 Å². The normalized spacial score (nSPS) is 13.7. The van der Waals surface area contributed by atoms with E-state index in [0.29, 0.717) is 11.3 Å². The standard InChI is InChI=1S/C15H24FNO2/c1-6-17(7-2)15(3,4)14(18)12-10-11(16)8-9-13(12)19-5/h8-10,14,18H,6-7H2,1-5H3. The molecule has 1 aromatic carbocycles. The van der Waals surface area contributed by atoms with E-state index in [1.807, 2.05) is 27.7 Å². The zero-order valence-corrected chi connectivity index (χ0v) is 12.4. The van der Waals surface area contributed by atoms with Crippen LogP contribution in [-0.4, -0.2) is 35.7 Å². The van der Waals surface area contributed by atoms with Gasteiger partial charge in [0.25, 0.3) is 0 Å². The molecule has 0 aliphatic heterocycles. The van der Waals surface area contributed by atoms with Gasteiger partial charge in [-0.2, -0.15) is 0 Å². The van der Waals surface area contributed by atoms with Crippen LogP contribution >= 0.6 is 0 Å². The van der Waals surface area contributed by atoms with Crippen LogP contribution in [0.2, 0.25) is 0 Å². The molecule has 0 aliphatic carbocycles. The Kier molecular flexibility index (Phi) is 5.32. The minimum absolute atomic E-state index is 0.370. The summed E-state index contributed by atoms with van der Waals surface area (Å²) in [6, 6.07) is 4.22. The van der Waals surface area contributed by atoms with Crippen LogP contribution in [-0.2, 0) is 0 Å². The Bertz CT molecular complexity index is 417. The van der Waals surface area contributed by atoms with Gasteiger partial charge < -0.3 is 9.84 Å². The first-order valence-corrected chi connectivity index (χ1v) is 6.65. The van der Waals surface area contributed by atoms with Crippen molar-refractivity contribution in [1.29, 1.82) is 0 Å². The maximum atomic E-state index is 13.4. The fourth-order valence-electron chi connectivity index (χ4n) is 2.51. The first-order chi connectivity index (χ1) is 8.88. The van der Waals surface area contributed by atoms with Gasteiger partial charge in [0.2, 0.25) is 0 Å². The number of aliphatic hydroxyl groups is 1. The predicted octanol–water partition coefficient (Wildman–Crippen LogP) is 2.99. The topological polar surface area (TPSA) is 32.7 Å². The van der Waals surface area contributed by atoms with Crippen LogP contribution in [0.25, 0.3) is 0 Å². The second kappa shape index (κ2) is 6.35. The Morgan fingerprint density at radius 2 is 1.89 bits per heavy atom. The molecule has 1 unspecified atom stereocenters. The molecule has 108 valence electrons. The van der Waals surface area contributed by atoms with Crippen molar-refractivity contribution in [3.63, 3.8) is 0 Å². The highest BCUT2D eigenvalue weighted by Gasteiger charge is 2.35. The Labute approximate surface area is 115 Å². The van der Waals surface area contributed by atoms with Crippen LogP contribution in [0, 0.1) is 5.82 Å². The number of aliphatic hydroxyl groups excluding tert-OH is 1. The lowest BCUT2D eigenvalue weighted by Crippen LogP contribution is -2.48. The Hall–Kier alpha value is -1.13. The second-order valence-electron chi connectivity index (χ2n) is 5.11. The Morgan fingerprint density at radius 1 is 1.32 bits per heavy atom. The summed E-state index contributed by atoms with van der Waals surface area (Å²) in [7, 11) is 1.52. The summed E-state index contributed by atoms with van der Waals surface area (Å²) in [4.78, 5) is 2.14. The molecule has 0 aliphatic rings. The summed E-state index contributed by atoms with van der Waals surface area (Å²) in [6.45, 7) is 9.63. The van der Waals surface area contributed by atoms with Crippen molar-refractivity contribution < 1.29 is 14.2 Å². The van der Waals surface area contributed by atoms with E-state index in [1.165, 1.54) is 19.2 Å². The van der Waals surface area contributed by atoms with Crippen LogP contribution < -0.4 is 4.74 Å². The lowest BCUT2D eigenvalue weighted by Gasteiger charge is -2.41. The molecule has 0 radical (unpaired) electrons. The highest BCUT2D eigenvalue weighted by atomic mass is 19.1. The summed E-state index contributed by atoms with van der Waals surface area (Å²) >= 11 is 0. The molecule has 1 N–H and O–H groups in total. The van der Waals surface area contributed by atoms with Gasteiger partial charge in [-0.25, -0.2) is 4.39 Å². The first-order valence-electron chi connectivity index (χ1n) is 6.65. The highest BCUT2D eigenvalue weighted by Crippen LogP contribution is 2.36. The molecule has 0 spiro atoms. The number of ether oxygens (including phenoxy) is 1.